The fraction of sp³-hybridized carbons (Fsp3) is 0.118. The van der Waals surface area contributed by atoms with Crippen LogP contribution in [-0.2, 0) is 0 Å². The van der Waals surface area contributed by atoms with Gasteiger partial charge in [0.05, 0.1) is 11.7 Å². The summed E-state index contributed by atoms with van der Waals surface area (Å²) < 4.78 is 2.63. The fourth-order valence-corrected chi connectivity index (χ4v) is 2.92. The molecule has 0 aliphatic rings. The Bertz CT molecular complexity index is 800. The lowest BCUT2D eigenvalue weighted by molar-refractivity contribution is 0.0940. The number of nitrogens with one attached hydrogen (secondary N) is 1. The minimum absolute atomic E-state index is 0.0898. The van der Waals surface area contributed by atoms with Crippen molar-refractivity contribution in [3.8, 4) is 5.69 Å². The molecule has 0 saturated carbocycles. The van der Waals surface area contributed by atoms with Gasteiger partial charge in [0, 0.05) is 10.0 Å². The Hall–Kier alpha value is -2.47. The van der Waals surface area contributed by atoms with Crippen LogP contribution >= 0.6 is 15.9 Å². The predicted molar refractivity (Wildman–Crippen MR) is 91.4 cm³/mol. The van der Waals surface area contributed by atoms with Crippen LogP contribution in [0.5, 0.6) is 0 Å². The second kappa shape index (κ2) is 6.75. The molecule has 1 atom stereocenters. The summed E-state index contributed by atoms with van der Waals surface area (Å²) in [7, 11) is 0. The molecule has 116 valence electrons. The maximum Gasteiger partial charge on any atom is 0.251 e. The Kier molecular flexibility index (Phi) is 4.52. The maximum absolute atomic E-state index is 12.4. The fourth-order valence-electron chi connectivity index (χ4n) is 2.29. The summed E-state index contributed by atoms with van der Waals surface area (Å²) in [5, 5.41) is 7.06. The SMILES string of the molecule is C[C@@H](NC(=O)c1ccc(-n2cncn2)cc1)c1ccccc1Br. The summed E-state index contributed by atoms with van der Waals surface area (Å²) in [6.45, 7) is 1.96. The number of rotatable bonds is 4. The average Bonchev–Trinajstić information content (AvgIpc) is 3.09. The number of hydrogen-bond acceptors (Lipinski definition) is 3. The van der Waals surface area contributed by atoms with Gasteiger partial charge >= 0.3 is 0 Å². The van der Waals surface area contributed by atoms with E-state index >= 15 is 0 Å². The number of hydrogen-bond donors (Lipinski definition) is 1. The molecule has 0 bridgehead atoms. The third-order valence-electron chi connectivity index (χ3n) is 3.53. The highest BCUT2D eigenvalue weighted by Crippen LogP contribution is 2.23. The number of halogens is 1. The van der Waals surface area contributed by atoms with Crippen LogP contribution in [0.4, 0.5) is 0 Å². The third-order valence-corrected chi connectivity index (χ3v) is 4.25. The molecule has 2 aromatic carbocycles. The molecule has 0 saturated heterocycles. The van der Waals surface area contributed by atoms with Gasteiger partial charge in [-0.25, -0.2) is 9.67 Å². The van der Waals surface area contributed by atoms with Crippen molar-refractivity contribution in [3.05, 3.63) is 76.8 Å². The second-order valence-corrected chi connectivity index (χ2v) is 5.96. The summed E-state index contributed by atoms with van der Waals surface area (Å²) in [6.07, 6.45) is 3.09. The van der Waals surface area contributed by atoms with Gasteiger partial charge in [-0.05, 0) is 42.8 Å². The van der Waals surface area contributed by atoms with Crippen LogP contribution in [0.15, 0.2) is 65.7 Å². The number of aromatic nitrogens is 3. The van der Waals surface area contributed by atoms with Gasteiger partial charge in [0.2, 0.25) is 0 Å². The molecule has 1 N–H and O–H groups in total. The van der Waals surface area contributed by atoms with Crippen molar-refractivity contribution in [2.24, 2.45) is 0 Å². The maximum atomic E-state index is 12.4. The van der Waals surface area contributed by atoms with Crippen molar-refractivity contribution >= 4 is 21.8 Å². The second-order valence-electron chi connectivity index (χ2n) is 5.10. The zero-order valence-electron chi connectivity index (χ0n) is 12.5. The van der Waals surface area contributed by atoms with E-state index in [1.807, 2.05) is 43.3 Å². The van der Waals surface area contributed by atoms with Crippen molar-refractivity contribution in [2.75, 3.05) is 0 Å². The van der Waals surface area contributed by atoms with Gasteiger partial charge in [-0.15, -0.1) is 0 Å². The van der Waals surface area contributed by atoms with Gasteiger partial charge in [0.1, 0.15) is 12.7 Å². The molecule has 0 aliphatic heterocycles. The predicted octanol–water partition coefficient (Wildman–Crippen LogP) is 3.52. The molecule has 5 nitrogen and oxygen atoms in total. The largest absolute Gasteiger partial charge is 0.345 e. The molecular weight excluding hydrogens is 356 g/mol. The summed E-state index contributed by atoms with van der Waals surface area (Å²) in [5.41, 5.74) is 2.51. The van der Waals surface area contributed by atoms with Crippen LogP contribution in [0.2, 0.25) is 0 Å². The molecule has 1 heterocycles. The van der Waals surface area contributed by atoms with Crippen LogP contribution in [0.3, 0.4) is 0 Å². The smallest absolute Gasteiger partial charge is 0.251 e. The Balaban J connectivity index is 1.72. The van der Waals surface area contributed by atoms with Crippen molar-refractivity contribution < 1.29 is 4.79 Å². The number of nitrogens with zero attached hydrogens (tertiary/aromatic N) is 3. The van der Waals surface area contributed by atoms with Gasteiger partial charge in [0.15, 0.2) is 0 Å². The van der Waals surface area contributed by atoms with Gasteiger partial charge in [-0.3, -0.25) is 4.79 Å². The van der Waals surface area contributed by atoms with Gasteiger partial charge in [-0.1, -0.05) is 34.1 Å². The van der Waals surface area contributed by atoms with E-state index in [2.05, 4.69) is 31.3 Å². The first-order valence-corrected chi connectivity index (χ1v) is 7.95. The van der Waals surface area contributed by atoms with E-state index in [-0.39, 0.29) is 11.9 Å². The zero-order chi connectivity index (χ0) is 16.2. The van der Waals surface area contributed by atoms with Crippen LogP contribution in [0.25, 0.3) is 5.69 Å². The molecule has 3 aromatic rings. The number of benzene rings is 2. The van der Waals surface area contributed by atoms with E-state index in [1.54, 1.807) is 23.1 Å². The molecule has 0 radical (unpaired) electrons. The summed E-state index contributed by atoms with van der Waals surface area (Å²) in [4.78, 5) is 16.3. The lowest BCUT2D eigenvalue weighted by Crippen LogP contribution is -2.26. The van der Waals surface area contributed by atoms with Crippen LogP contribution in [0.1, 0.15) is 28.9 Å². The highest BCUT2D eigenvalue weighted by Gasteiger charge is 2.13. The van der Waals surface area contributed by atoms with E-state index in [4.69, 9.17) is 0 Å². The van der Waals surface area contributed by atoms with Crippen LogP contribution in [-0.4, -0.2) is 20.7 Å². The van der Waals surface area contributed by atoms with Crippen molar-refractivity contribution in [1.29, 1.82) is 0 Å². The van der Waals surface area contributed by atoms with Gasteiger partial charge in [0.25, 0.3) is 5.91 Å². The Morgan fingerprint density at radius 2 is 1.91 bits per heavy atom. The molecule has 23 heavy (non-hydrogen) atoms. The van der Waals surface area contributed by atoms with Crippen molar-refractivity contribution in [3.63, 3.8) is 0 Å². The molecule has 0 aliphatic carbocycles. The standard InChI is InChI=1S/C17H15BrN4O/c1-12(15-4-2-3-5-16(15)18)21-17(23)13-6-8-14(9-7-13)22-11-19-10-20-22/h2-12H,1H3,(H,21,23)/t12-/m1/s1. The Labute approximate surface area is 142 Å². The van der Waals surface area contributed by atoms with E-state index in [9.17, 15) is 4.79 Å². The minimum atomic E-state index is -0.113. The molecule has 1 amide bonds. The molecular formula is C17H15BrN4O. The normalized spacial score (nSPS) is 11.9. The monoisotopic (exact) mass is 370 g/mol. The Morgan fingerprint density at radius 1 is 1.17 bits per heavy atom. The lowest BCUT2D eigenvalue weighted by Gasteiger charge is -2.16. The highest BCUT2D eigenvalue weighted by molar-refractivity contribution is 9.10. The first kappa shape index (κ1) is 15.4. The van der Waals surface area contributed by atoms with E-state index in [1.165, 1.54) is 6.33 Å². The Morgan fingerprint density at radius 3 is 2.57 bits per heavy atom. The molecule has 3 rings (SSSR count). The molecule has 1 aromatic heterocycles. The quantitative estimate of drug-likeness (QED) is 0.764. The minimum Gasteiger partial charge on any atom is -0.345 e. The first-order valence-electron chi connectivity index (χ1n) is 7.15. The summed E-state index contributed by atoms with van der Waals surface area (Å²) in [6, 6.07) is 15.0. The number of amides is 1. The number of carbonyl (C=O) groups excluding carboxylic acids is 1. The summed E-state index contributed by atoms with van der Waals surface area (Å²) in [5.74, 6) is -0.113. The molecule has 0 fully saturated rings. The lowest BCUT2D eigenvalue weighted by atomic mass is 10.1. The van der Waals surface area contributed by atoms with E-state index in [0.29, 0.717) is 5.56 Å². The van der Waals surface area contributed by atoms with E-state index < -0.39 is 0 Å². The summed E-state index contributed by atoms with van der Waals surface area (Å²) >= 11 is 3.51. The van der Waals surface area contributed by atoms with Crippen LogP contribution in [0, 0.1) is 0 Å². The number of carbonyl (C=O) groups is 1. The first-order chi connectivity index (χ1) is 11.1. The molecule has 0 unspecified atom stereocenters. The van der Waals surface area contributed by atoms with Crippen molar-refractivity contribution in [2.45, 2.75) is 13.0 Å². The van der Waals surface area contributed by atoms with Gasteiger partial charge < -0.3 is 5.32 Å². The zero-order valence-corrected chi connectivity index (χ0v) is 14.1. The van der Waals surface area contributed by atoms with Crippen LogP contribution < -0.4 is 5.32 Å². The highest BCUT2D eigenvalue weighted by atomic mass is 79.9. The van der Waals surface area contributed by atoms with Crippen molar-refractivity contribution in [1.82, 2.24) is 20.1 Å². The average molecular weight is 371 g/mol. The molecule has 0 spiro atoms. The third kappa shape index (κ3) is 3.48. The topological polar surface area (TPSA) is 59.8 Å². The van der Waals surface area contributed by atoms with E-state index in [0.717, 1.165) is 15.7 Å². The van der Waals surface area contributed by atoms with Gasteiger partial charge in [-0.2, -0.15) is 5.10 Å². The molecule has 6 heteroatoms.